The van der Waals surface area contributed by atoms with Crippen molar-refractivity contribution in [3.05, 3.63) is 34.3 Å². The van der Waals surface area contributed by atoms with Crippen molar-refractivity contribution in [2.24, 2.45) is 5.73 Å². The summed E-state index contributed by atoms with van der Waals surface area (Å²) >= 11 is 11.2. The molecule has 1 aliphatic heterocycles. The zero-order valence-electron chi connectivity index (χ0n) is 11.2. The van der Waals surface area contributed by atoms with Gasteiger partial charge >= 0.3 is 0 Å². The fourth-order valence-corrected chi connectivity index (χ4v) is 2.85. The summed E-state index contributed by atoms with van der Waals surface area (Å²) in [7, 11) is 0. The summed E-state index contributed by atoms with van der Waals surface area (Å²) in [5.74, 6) is 0. The molecule has 2 N–H and O–H groups in total. The van der Waals surface area contributed by atoms with E-state index in [1.807, 2.05) is 18.2 Å². The molecule has 1 heterocycles. The topological polar surface area (TPSA) is 38.5 Å². The van der Waals surface area contributed by atoms with E-state index < -0.39 is 0 Å². The van der Waals surface area contributed by atoms with Crippen LogP contribution in [-0.2, 0) is 11.3 Å². The van der Waals surface area contributed by atoms with Crippen molar-refractivity contribution in [1.82, 2.24) is 4.90 Å². The number of rotatable bonds is 3. The van der Waals surface area contributed by atoms with Crippen LogP contribution in [0.2, 0.25) is 5.02 Å². The largest absolute Gasteiger partial charge is 0.389 e. The zero-order chi connectivity index (χ0) is 14.0. The Labute approximate surface area is 124 Å². The highest BCUT2D eigenvalue weighted by Gasteiger charge is 2.22. The molecule has 1 aromatic carbocycles. The Morgan fingerprint density at radius 1 is 1.42 bits per heavy atom. The van der Waals surface area contributed by atoms with Crippen LogP contribution >= 0.6 is 23.8 Å². The second kappa shape index (κ2) is 6.18. The molecule has 0 aromatic heterocycles. The van der Waals surface area contributed by atoms with Gasteiger partial charge in [-0.1, -0.05) is 36.0 Å². The molecule has 104 valence electrons. The lowest BCUT2D eigenvalue weighted by Gasteiger charge is -2.35. The molecule has 0 amide bonds. The standard InChI is InChI=1S/C14H19ClN2OS/c1-9-6-17(7-10(2)18-9)8-12-4-3-11(14(16)19)5-13(12)15/h3-5,9-10H,6-8H2,1-2H3,(H2,16,19). The fourth-order valence-electron chi connectivity index (χ4n) is 2.48. The lowest BCUT2D eigenvalue weighted by molar-refractivity contribution is -0.0704. The quantitative estimate of drug-likeness (QED) is 0.871. The molecule has 3 nitrogen and oxygen atoms in total. The number of hydrogen-bond donors (Lipinski definition) is 1. The second-order valence-electron chi connectivity index (χ2n) is 5.12. The van der Waals surface area contributed by atoms with E-state index in [0.717, 1.165) is 35.8 Å². The van der Waals surface area contributed by atoms with E-state index in [1.165, 1.54) is 0 Å². The Bertz CT molecular complexity index is 471. The van der Waals surface area contributed by atoms with E-state index in [0.29, 0.717) is 4.99 Å². The van der Waals surface area contributed by atoms with E-state index in [1.54, 1.807) is 0 Å². The maximum atomic E-state index is 6.29. The van der Waals surface area contributed by atoms with Crippen LogP contribution in [-0.4, -0.2) is 35.2 Å². The summed E-state index contributed by atoms with van der Waals surface area (Å²) in [6, 6.07) is 5.77. The van der Waals surface area contributed by atoms with Crippen LogP contribution in [0.4, 0.5) is 0 Å². The number of morpholine rings is 1. The van der Waals surface area contributed by atoms with Gasteiger partial charge in [0.05, 0.1) is 12.2 Å². The predicted octanol–water partition coefficient (Wildman–Crippen LogP) is 2.58. The summed E-state index contributed by atoms with van der Waals surface area (Å²) in [4.78, 5) is 2.74. The van der Waals surface area contributed by atoms with Gasteiger partial charge in [0.15, 0.2) is 0 Å². The molecule has 5 heteroatoms. The molecule has 2 rings (SSSR count). The van der Waals surface area contributed by atoms with Crippen molar-refractivity contribution >= 4 is 28.8 Å². The zero-order valence-corrected chi connectivity index (χ0v) is 12.8. The number of ether oxygens (including phenoxy) is 1. The van der Waals surface area contributed by atoms with Crippen LogP contribution in [0.3, 0.4) is 0 Å². The van der Waals surface area contributed by atoms with Gasteiger partial charge in [0.25, 0.3) is 0 Å². The number of nitrogens with two attached hydrogens (primary N) is 1. The van der Waals surface area contributed by atoms with Gasteiger partial charge in [-0.05, 0) is 25.5 Å². The van der Waals surface area contributed by atoms with Crippen LogP contribution in [0.25, 0.3) is 0 Å². The van der Waals surface area contributed by atoms with Crippen molar-refractivity contribution < 1.29 is 4.74 Å². The third-order valence-electron chi connectivity index (χ3n) is 3.23. The molecule has 2 atom stereocenters. The number of nitrogens with zero attached hydrogens (tertiary/aromatic N) is 1. The Hall–Kier alpha value is -0.680. The highest BCUT2D eigenvalue weighted by atomic mass is 35.5. The second-order valence-corrected chi connectivity index (χ2v) is 5.97. The summed E-state index contributed by atoms with van der Waals surface area (Å²) in [6.07, 6.45) is 0.525. The first-order chi connectivity index (χ1) is 8.95. The molecular weight excluding hydrogens is 280 g/mol. The molecule has 0 saturated carbocycles. The summed E-state index contributed by atoms with van der Waals surface area (Å²) in [5, 5.41) is 0.720. The molecule has 1 fully saturated rings. The summed E-state index contributed by atoms with van der Waals surface area (Å²) in [5.41, 5.74) is 7.51. The summed E-state index contributed by atoms with van der Waals surface area (Å²) < 4.78 is 5.73. The van der Waals surface area contributed by atoms with Gasteiger partial charge < -0.3 is 10.5 Å². The van der Waals surface area contributed by atoms with Crippen LogP contribution in [0.5, 0.6) is 0 Å². The van der Waals surface area contributed by atoms with E-state index in [9.17, 15) is 0 Å². The molecule has 0 radical (unpaired) electrons. The average Bonchev–Trinajstić information content (AvgIpc) is 2.30. The lowest BCUT2D eigenvalue weighted by Crippen LogP contribution is -2.44. The van der Waals surface area contributed by atoms with Gasteiger partial charge in [-0.3, -0.25) is 4.90 Å². The highest BCUT2D eigenvalue weighted by Crippen LogP contribution is 2.21. The molecule has 0 aliphatic carbocycles. The van der Waals surface area contributed by atoms with E-state index in [2.05, 4.69) is 18.7 Å². The maximum absolute atomic E-state index is 6.29. The Morgan fingerprint density at radius 2 is 2.05 bits per heavy atom. The fraction of sp³-hybridized carbons (Fsp3) is 0.500. The van der Waals surface area contributed by atoms with Crippen LogP contribution in [0.1, 0.15) is 25.0 Å². The molecule has 0 spiro atoms. The summed E-state index contributed by atoms with van der Waals surface area (Å²) in [6.45, 7) is 6.88. The van der Waals surface area contributed by atoms with Crippen molar-refractivity contribution in [1.29, 1.82) is 0 Å². The van der Waals surface area contributed by atoms with Gasteiger partial charge in [-0.2, -0.15) is 0 Å². The Morgan fingerprint density at radius 3 is 2.58 bits per heavy atom. The van der Waals surface area contributed by atoms with Crippen molar-refractivity contribution in [2.45, 2.75) is 32.6 Å². The molecule has 19 heavy (non-hydrogen) atoms. The third-order valence-corrected chi connectivity index (χ3v) is 3.81. The van der Waals surface area contributed by atoms with Crippen LogP contribution < -0.4 is 5.73 Å². The van der Waals surface area contributed by atoms with E-state index in [-0.39, 0.29) is 12.2 Å². The molecule has 1 aromatic rings. The number of thiocarbonyl (C=S) groups is 1. The molecule has 2 unspecified atom stereocenters. The maximum Gasteiger partial charge on any atom is 0.104 e. The minimum atomic E-state index is 0.262. The van der Waals surface area contributed by atoms with Crippen molar-refractivity contribution in [3.8, 4) is 0 Å². The number of halogens is 1. The number of hydrogen-bond acceptors (Lipinski definition) is 3. The van der Waals surface area contributed by atoms with Crippen molar-refractivity contribution in [2.75, 3.05) is 13.1 Å². The first-order valence-corrected chi connectivity index (χ1v) is 7.20. The SMILES string of the molecule is CC1CN(Cc2ccc(C(N)=S)cc2Cl)CC(C)O1. The monoisotopic (exact) mass is 298 g/mol. The van der Waals surface area contributed by atoms with Gasteiger partial charge in [-0.25, -0.2) is 0 Å². The molecule has 1 saturated heterocycles. The molecule has 1 aliphatic rings. The van der Waals surface area contributed by atoms with Gasteiger partial charge in [0.2, 0.25) is 0 Å². The first-order valence-electron chi connectivity index (χ1n) is 6.41. The predicted molar refractivity (Wildman–Crippen MR) is 82.6 cm³/mol. The number of benzene rings is 1. The smallest absolute Gasteiger partial charge is 0.104 e. The Balaban J connectivity index is 2.08. The molecule has 0 bridgehead atoms. The highest BCUT2D eigenvalue weighted by molar-refractivity contribution is 7.80. The van der Waals surface area contributed by atoms with E-state index >= 15 is 0 Å². The minimum Gasteiger partial charge on any atom is -0.389 e. The minimum absolute atomic E-state index is 0.262. The normalized spacial score (nSPS) is 24.4. The van der Waals surface area contributed by atoms with E-state index in [4.69, 9.17) is 34.3 Å². The Kier molecular flexibility index (Phi) is 4.79. The lowest BCUT2D eigenvalue weighted by atomic mass is 10.1. The van der Waals surface area contributed by atoms with Gasteiger partial charge in [0.1, 0.15) is 4.99 Å². The van der Waals surface area contributed by atoms with Gasteiger partial charge in [-0.15, -0.1) is 0 Å². The van der Waals surface area contributed by atoms with Crippen LogP contribution in [0, 0.1) is 0 Å². The average molecular weight is 299 g/mol. The third kappa shape index (κ3) is 3.89. The molecular formula is C14H19ClN2OS. The first kappa shape index (κ1) is 14.7. The van der Waals surface area contributed by atoms with Gasteiger partial charge in [0, 0.05) is 30.2 Å². The van der Waals surface area contributed by atoms with Crippen LogP contribution in [0.15, 0.2) is 18.2 Å². The van der Waals surface area contributed by atoms with Crippen molar-refractivity contribution in [3.63, 3.8) is 0 Å².